The summed E-state index contributed by atoms with van der Waals surface area (Å²) in [4.78, 5) is 12.8. The molecule has 2 bridgehead atoms. The van der Waals surface area contributed by atoms with Crippen LogP contribution in [0.15, 0.2) is 60.7 Å². The van der Waals surface area contributed by atoms with Crippen LogP contribution in [-0.4, -0.2) is 11.9 Å². The van der Waals surface area contributed by atoms with Gasteiger partial charge in [0.15, 0.2) is 0 Å². The minimum Gasteiger partial charge on any atom is -0.323 e. The molecule has 2 nitrogen and oxygen atoms in total. The lowest BCUT2D eigenvalue weighted by Crippen LogP contribution is -2.56. The predicted octanol–water partition coefficient (Wildman–Crippen LogP) is 6.00. The van der Waals surface area contributed by atoms with E-state index in [1.807, 2.05) is 36.4 Å². The Morgan fingerprint density at radius 1 is 0.926 bits per heavy atom. The first-order valence-corrected chi connectivity index (χ1v) is 12.3. The molecule has 3 aliphatic rings. The largest absolute Gasteiger partial charge is 0.323 e. The first-order chi connectivity index (χ1) is 12.9. The molecule has 0 N–H and O–H groups in total. The molecule has 3 heteroatoms. The molecule has 0 amide bonds. The van der Waals surface area contributed by atoms with Gasteiger partial charge in [0.05, 0.1) is 7.14 Å². The van der Waals surface area contributed by atoms with Gasteiger partial charge in [0.1, 0.15) is 5.78 Å². The van der Waals surface area contributed by atoms with Gasteiger partial charge in [-0.2, -0.15) is 0 Å². The molecule has 3 fully saturated rings. The van der Waals surface area contributed by atoms with E-state index in [1.165, 1.54) is 0 Å². The number of carbonyl (C=O) groups is 1. The van der Waals surface area contributed by atoms with Gasteiger partial charge in [0, 0.05) is 30.8 Å². The number of fused-ring (bicyclic) bond motifs is 2. The van der Waals surface area contributed by atoms with Gasteiger partial charge in [-0.15, -0.1) is 0 Å². The molecule has 27 heavy (non-hydrogen) atoms. The van der Waals surface area contributed by atoms with E-state index in [2.05, 4.69) is 38.1 Å². The molecule has 142 valence electrons. The number of hydrogen-bond acceptors (Lipinski definition) is 2. The third-order valence-electron chi connectivity index (χ3n) is 7.05. The molecule has 2 aromatic rings. The highest BCUT2D eigenvalue weighted by Gasteiger charge is 2.58. The van der Waals surface area contributed by atoms with Crippen LogP contribution in [-0.2, 0) is 21.7 Å². The summed E-state index contributed by atoms with van der Waals surface area (Å²) in [5.41, 5.74) is 2.46. The molecule has 3 aliphatic carbocycles. The molecular formula is C24H29O2P. The van der Waals surface area contributed by atoms with Crippen molar-refractivity contribution in [1.82, 2.24) is 0 Å². The van der Waals surface area contributed by atoms with Crippen LogP contribution in [0.4, 0.5) is 0 Å². The predicted molar refractivity (Wildman–Crippen MR) is 111 cm³/mol. The number of Topliss-reactive ketones (excluding diaryl/α,β-unsaturated/α-hetero) is 1. The van der Waals surface area contributed by atoms with Crippen LogP contribution in [0.1, 0.15) is 37.8 Å². The highest BCUT2D eigenvalue weighted by atomic mass is 31.2. The van der Waals surface area contributed by atoms with Crippen LogP contribution in [0, 0.1) is 23.2 Å². The Morgan fingerprint density at radius 3 is 1.93 bits per heavy atom. The lowest BCUT2D eigenvalue weighted by molar-refractivity contribution is -0.152. The summed E-state index contributed by atoms with van der Waals surface area (Å²) in [6.45, 7) is 4.59. The standard InChI is InChI=1S/C24H29O2P/c1-24(2)20-13-22(24)21(23(25)14-20)17-27(26,15-18-9-5-3-6-10-18)16-19-11-7-4-8-12-19/h3-12,20-22H,13-17H2,1-2H3/t20-,21?,22+/m1/s1. The molecule has 5 rings (SSSR count). The SMILES string of the molecule is CC1(C)[C@H]2CC(=O)C(CP(=O)(Cc3ccccc3)Cc3ccccc3)[C@@H]1C2. The second kappa shape index (κ2) is 7.06. The average molecular weight is 380 g/mol. The van der Waals surface area contributed by atoms with Crippen molar-refractivity contribution in [2.45, 2.75) is 39.0 Å². The van der Waals surface area contributed by atoms with Crippen molar-refractivity contribution in [2.24, 2.45) is 23.2 Å². The van der Waals surface area contributed by atoms with Crippen LogP contribution >= 0.6 is 7.14 Å². The van der Waals surface area contributed by atoms with E-state index in [4.69, 9.17) is 0 Å². The van der Waals surface area contributed by atoms with Crippen molar-refractivity contribution in [1.29, 1.82) is 0 Å². The monoisotopic (exact) mass is 380 g/mol. The molecule has 0 heterocycles. The topological polar surface area (TPSA) is 34.1 Å². The quantitative estimate of drug-likeness (QED) is 0.576. The van der Waals surface area contributed by atoms with E-state index in [9.17, 15) is 9.36 Å². The van der Waals surface area contributed by atoms with E-state index in [0.717, 1.165) is 17.5 Å². The molecule has 2 aromatic carbocycles. The van der Waals surface area contributed by atoms with Gasteiger partial charge >= 0.3 is 0 Å². The van der Waals surface area contributed by atoms with Crippen molar-refractivity contribution >= 4 is 12.9 Å². The Kier molecular flexibility index (Phi) is 4.89. The van der Waals surface area contributed by atoms with Crippen molar-refractivity contribution in [2.75, 3.05) is 6.16 Å². The summed E-state index contributed by atoms with van der Waals surface area (Å²) in [7, 11) is -2.56. The normalized spacial score (nSPS) is 26.4. The number of ketones is 1. The maximum atomic E-state index is 14.2. The second-order valence-electron chi connectivity index (χ2n) is 9.17. The number of benzene rings is 2. The van der Waals surface area contributed by atoms with E-state index >= 15 is 0 Å². The number of carbonyl (C=O) groups excluding carboxylic acids is 1. The molecule has 0 spiro atoms. The van der Waals surface area contributed by atoms with Gasteiger partial charge in [-0.25, -0.2) is 0 Å². The Labute approximate surface area is 162 Å². The van der Waals surface area contributed by atoms with Gasteiger partial charge in [-0.05, 0) is 34.8 Å². The van der Waals surface area contributed by atoms with Crippen molar-refractivity contribution in [3.05, 3.63) is 71.8 Å². The maximum absolute atomic E-state index is 14.2. The lowest BCUT2D eigenvalue weighted by Gasteiger charge is -2.59. The molecule has 0 aromatic heterocycles. The first-order valence-electron chi connectivity index (χ1n) is 10.0. The first kappa shape index (κ1) is 18.7. The van der Waals surface area contributed by atoms with Crippen LogP contribution in [0.25, 0.3) is 0 Å². The minimum absolute atomic E-state index is 0.0248. The second-order valence-corrected chi connectivity index (χ2v) is 12.3. The molecule has 3 atom stereocenters. The molecule has 0 saturated heterocycles. The minimum atomic E-state index is -2.56. The highest BCUT2D eigenvalue weighted by Crippen LogP contribution is 2.64. The van der Waals surface area contributed by atoms with Crippen molar-refractivity contribution in [3.63, 3.8) is 0 Å². The Morgan fingerprint density at radius 2 is 1.44 bits per heavy atom. The fourth-order valence-corrected chi connectivity index (χ4v) is 8.61. The van der Waals surface area contributed by atoms with E-state index in [0.29, 0.717) is 42.5 Å². The molecule has 1 unspecified atom stereocenters. The molecular weight excluding hydrogens is 351 g/mol. The summed E-state index contributed by atoms with van der Waals surface area (Å²) < 4.78 is 14.2. The Hall–Kier alpha value is -1.66. The lowest BCUT2D eigenvalue weighted by atomic mass is 9.45. The van der Waals surface area contributed by atoms with E-state index in [-0.39, 0.29) is 11.3 Å². The summed E-state index contributed by atoms with van der Waals surface area (Å²) in [6.07, 6.45) is 3.56. The molecule has 0 radical (unpaired) electrons. The number of rotatable bonds is 6. The van der Waals surface area contributed by atoms with Crippen LogP contribution < -0.4 is 0 Å². The zero-order valence-electron chi connectivity index (χ0n) is 16.3. The zero-order valence-corrected chi connectivity index (χ0v) is 17.2. The maximum Gasteiger partial charge on any atom is 0.137 e. The molecule has 3 saturated carbocycles. The third kappa shape index (κ3) is 3.69. The summed E-state index contributed by atoms with van der Waals surface area (Å²) in [5.74, 6) is 1.28. The van der Waals surface area contributed by atoms with E-state index < -0.39 is 7.14 Å². The van der Waals surface area contributed by atoms with Crippen LogP contribution in [0.2, 0.25) is 0 Å². The Bertz CT molecular complexity index is 811. The van der Waals surface area contributed by atoms with Gasteiger partial charge in [-0.1, -0.05) is 74.5 Å². The number of hydrogen-bond donors (Lipinski definition) is 0. The van der Waals surface area contributed by atoms with Crippen molar-refractivity contribution in [3.8, 4) is 0 Å². The smallest absolute Gasteiger partial charge is 0.137 e. The summed E-state index contributed by atoms with van der Waals surface area (Å²) in [6, 6.07) is 20.3. The van der Waals surface area contributed by atoms with Gasteiger partial charge in [-0.3, -0.25) is 4.79 Å². The van der Waals surface area contributed by atoms with Crippen molar-refractivity contribution < 1.29 is 9.36 Å². The summed E-state index contributed by atoms with van der Waals surface area (Å²) >= 11 is 0. The third-order valence-corrected chi connectivity index (χ3v) is 9.99. The van der Waals surface area contributed by atoms with Crippen LogP contribution in [0.3, 0.4) is 0 Å². The molecule has 0 aliphatic heterocycles. The van der Waals surface area contributed by atoms with Gasteiger partial charge in [0.2, 0.25) is 0 Å². The summed E-state index contributed by atoms with van der Waals surface area (Å²) in [5, 5.41) is 0. The highest BCUT2D eigenvalue weighted by molar-refractivity contribution is 7.62. The Balaban J connectivity index is 1.61. The zero-order chi connectivity index (χ0) is 19.1. The van der Waals surface area contributed by atoms with Gasteiger partial charge in [0.25, 0.3) is 0 Å². The van der Waals surface area contributed by atoms with Gasteiger partial charge < -0.3 is 4.57 Å². The average Bonchev–Trinajstić information content (AvgIpc) is 2.64. The van der Waals surface area contributed by atoms with Crippen LogP contribution in [0.5, 0.6) is 0 Å². The fraction of sp³-hybridized carbons (Fsp3) is 0.458. The van der Waals surface area contributed by atoms with E-state index in [1.54, 1.807) is 0 Å². The fourth-order valence-electron chi connectivity index (χ4n) is 5.31.